The maximum atomic E-state index is 11.9. The van der Waals surface area contributed by atoms with Crippen molar-refractivity contribution in [2.45, 2.75) is 18.0 Å². The second-order valence-electron chi connectivity index (χ2n) is 4.08. The lowest BCUT2D eigenvalue weighted by atomic mass is 10.1. The van der Waals surface area contributed by atoms with Gasteiger partial charge in [-0.15, -0.1) is 11.6 Å². The highest BCUT2D eigenvalue weighted by molar-refractivity contribution is 6.20. The first kappa shape index (κ1) is 16.3. The van der Waals surface area contributed by atoms with Gasteiger partial charge in [-0.3, -0.25) is 0 Å². The van der Waals surface area contributed by atoms with Crippen LogP contribution in [0.2, 0.25) is 0 Å². The van der Waals surface area contributed by atoms with E-state index in [1.165, 1.54) is 0 Å². The van der Waals surface area contributed by atoms with Gasteiger partial charge < -0.3 is 9.47 Å². The number of rotatable bonds is 7. The van der Waals surface area contributed by atoms with E-state index in [1.807, 2.05) is 12.1 Å². The highest BCUT2D eigenvalue weighted by Gasteiger charge is 2.27. The Morgan fingerprint density at radius 1 is 1.21 bits per heavy atom. The van der Waals surface area contributed by atoms with Crippen molar-refractivity contribution < 1.29 is 22.6 Å². The minimum absolute atomic E-state index is 0.168. The molecule has 0 bridgehead atoms. The van der Waals surface area contributed by atoms with E-state index in [2.05, 4.69) is 4.74 Å². The average Bonchev–Trinajstić information content (AvgIpc) is 2.35. The lowest BCUT2D eigenvalue weighted by Crippen LogP contribution is -2.18. The molecule has 0 amide bonds. The van der Waals surface area contributed by atoms with Crippen LogP contribution >= 0.6 is 11.6 Å². The Labute approximate surface area is 115 Å². The Morgan fingerprint density at radius 2 is 1.84 bits per heavy atom. The summed E-state index contributed by atoms with van der Waals surface area (Å²) in [6.07, 6.45) is -3.53. The van der Waals surface area contributed by atoms with Crippen molar-refractivity contribution in [1.82, 2.24) is 0 Å². The van der Waals surface area contributed by atoms with Crippen molar-refractivity contribution in [2.75, 3.05) is 26.9 Å². The number of methoxy groups -OCH3 is 1. The fourth-order valence-electron chi connectivity index (χ4n) is 1.49. The van der Waals surface area contributed by atoms with Gasteiger partial charge in [0, 0.05) is 7.11 Å². The molecule has 2 nitrogen and oxygen atoms in total. The largest absolute Gasteiger partial charge is 0.411 e. The molecule has 0 heterocycles. The zero-order chi connectivity index (χ0) is 14.3. The molecule has 0 fully saturated rings. The highest BCUT2D eigenvalue weighted by Crippen LogP contribution is 2.23. The monoisotopic (exact) mass is 296 g/mol. The third-order valence-corrected chi connectivity index (χ3v) is 2.84. The van der Waals surface area contributed by atoms with Crippen molar-refractivity contribution in [3.63, 3.8) is 0 Å². The zero-order valence-corrected chi connectivity index (χ0v) is 11.3. The fourth-order valence-corrected chi connectivity index (χ4v) is 1.72. The molecule has 0 saturated carbocycles. The van der Waals surface area contributed by atoms with E-state index in [0.717, 1.165) is 17.5 Å². The van der Waals surface area contributed by atoms with Gasteiger partial charge in [-0.25, -0.2) is 0 Å². The average molecular weight is 297 g/mol. The zero-order valence-electron chi connectivity index (χ0n) is 10.5. The molecule has 0 aliphatic rings. The van der Waals surface area contributed by atoms with E-state index in [1.54, 1.807) is 19.2 Å². The number of ether oxygens (including phenoxy) is 2. The predicted octanol–water partition coefficient (Wildman–Crippen LogP) is 3.73. The molecule has 1 aromatic carbocycles. The molecule has 0 spiro atoms. The summed E-state index contributed by atoms with van der Waals surface area (Å²) in [5, 5.41) is -0.584. The van der Waals surface area contributed by atoms with Gasteiger partial charge >= 0.3 is 6.18 Å². The van der Waals surface area contributed by atoms with Gasteiger partial charge in [0.25, 0.3) is 0 Å². The fraction of sp³-hybridized carbons (Fsp3) is 0.538. The second-order valence-corrected chi connectivity index (χ2v) is 4.61. The first-order chi connectivity index (χ1) is 8.92. The smallest absolute Gasteiger partial charge is 0.384 e. The van der Waals surface area contributed by atoms with Crippen molar-refractivity contribution in [2.24, 2.45) is 0 Å². The molecule has 1 aromatic rings. The van der Waals surface area contributed by atoms with E-state index in [4.69, 9.17) is 16.3 Å². The second kappa shape index (κ2) is 7.72. The van der Waals surface area contributed by atoms with E-state index in [0.29, 0.717) is 6.61 Å². The summed E-state index contributed by atoms with van der Waals surface area (Å²) in [6.45, 7) is -0.820. The standard InChI is InChI=1S/C13H16ClF3O2/c1-18-7-6-10-2-4-11(5-3-10)12(14)8-19-9-13(15,16)17/h2-5,12H,6-9H2,1H3. The van der Waals surface area contributed by atoms with Gasteiger partial charge in [-0.1, -0.05) is 24.3 Å². The molecule has 19 heavy (non-hydrogen) atoms. The molecule has 0 radical (unpaired) electrons. The van der Waals surface area contributed by atoms with Crippen molar-refractivity contribution in [1.29, 1.82) is 0 Å². The summed E-state index contributed by atoms with van der Waals surface area (Å²) in [6, 6.07) is 7.35. The van der Waals surface area contributed by atoms with Gasteiger partial charge in [0.2, 0.25) is 0 Å². The normalized spacial score (nSPS) is 13.5. The first-order valence-corrected chi connectivity index (χ1v) is 6.22. The van der Waals surface area contributed by atoms with E-state index in [-0.39, 0.29) is 6.61 Å². The Balaban J connectivity index is 2.42. The van der Waals surface area contributed by atoms with Crippen LogP contribution in [0, 0.1) is 0 Å². The molecule has 0 N–H and O–H groups in total. The van der Waals surface area contributed by atoms with Crippen LogP contribution < -0.4 is 0 Å². The van der Waals surface area contributed by atoms with Gasteiger partial charge in [0.15, 0.2) is 0 Å². The van der Waals surface area contributed by atoms with Crippen molar-refractivity contribution in [3.8, 4) is 0 Å². The Kier molecular flexibility index (Phi) is 6.62. The van der Waals surface area contributed by atoms with Gasteiger partial charge in [-0.05, 0) is 17.5 Å². The molecular weight excluding hydrogens is 281 g/mol. The highest BCUT2D eigenvalue weighted by atomic mass is 35.5. The van der Waals surface area contributed by atoms with Crippen LogP contribution in [0.5, 0.6) is 0 Å². The SMILES string of the molecule is COCCc1ccc(C(Cl)COCC(F)(F)F)cc1. The summed E-state index contributed by atoms with van der Waals surface area (Å²) in [5.74, 6) is 0. The minimum atomic E-state index is -4.32. The van der Waals surface area contributed by atoms with Crippen molar-refractivity contribution >= 4 is 11.6 Å². The molecule has 0 saturated heterocycles. The maximum Gasteiger partial charge on any atom is 0.411 e. The molecule has 0 aromatic heterocycles. The van der Waals surface area contributed by atoms with Crippen LogP contribution in [0.15, 0.2) is 24.3 Å². The Hall–Kier alpha value is -0.780. The van der Waals surface area contributed by atoms with Gasteiger partial charge in [0.05, 0.1) is 18.6 Å². The van der Waals surface area contributed by atoms with Gasteiger partial charge in [-0.2, -0.15) is 13.2 Å². The number of benzene rings is 1. The van der Waals surface area contributed by atoms with E-state index in [9.17, 15) is 13.2 Å². The molecule has 0 aliphatic carbocycles. The topological polar surface area (TPSA) is 18.5 Å². The van der Waals surface area contributed by atoms with Crippen molar-refractivity contribution in [3.05, 3.63) is 35.4 Å². The molecule has 108 valence electrons. The minimum Gasteiger partial charge on any atom is -0.384 e. The molecule has 1 unspecified atom stereocenters. The van der Waals surface area contributed by atoms with Crippen LogP contribution in [0.25, 0.3) is 0 Å². The third kappa shape index (κ3) is 6.80. The summed E-state index contributed by atoms with van der Waals surface area (Å²) in [5.41, 5.74) is 1.83. The molecule has 1 atom stereocenters. The van der Waals surface area contributed by atoms with Crippen LogP contribution in [-0.4, -0.2) is 33.1 Å². The molecule has 1 rings (SSSR count). The number of hydrogen-bond donors (Lipinski definition) is 0. The number of halogens is 4. The number of alkyl halides is 4. The van der Waals surface area contributed by atoms with Gasteiger partial charge in [0.1, 0.15) is 6.61 Å². The third-order valence-electron chi connectivity index (χ3n) is 2.47. The Morgan fingerprint density at radius 3 is 2.37 bits per heavy atom. The lowest BCUT2D eigenvalue weighted by Gasteiger charge is -2.12. The van der Waals surface area contributed by atoms with E-state index < -0.39 is 18.2 Å². The summed E-state index contributed by atoms with van der Waals surface area (Å²) in [7, 11) is 1.63. The summed E-state index contributed by atoms with van der Waals surface area (Å²) in [4.78, 5) is 0. The van der Waals surface area contributed by atoms with Crippen LogP contribution in [0.1, 0.15) is 16.5 Å². The summed E-state index contributed by atoms with van der Waals surface area (Å²) < 4.78 is 45.2. The summed E-state index contributed by atoms with van der Waals surface area (Å²) >= 11 is 5.97. The maximum absolute atomic E-state index is 11.9. The Bertz CT molecular complexity index is 365. The molecular formula is C13H16ClF3O2. The van der Waals surface area contributed by atoms with Crippen LogP contribution in [0.3, 0.4) is 0 Å². The molecule has 0 aliphatic heterocycles. The number of hydrogen-bond acceptors (Lipinski definition) is 2. The quantitative estimate of drug-likeness (QED) is 0.714. The van der Waals surface area contributed by atoms with Crippen LogP contribution in [0.4, 0.5) is 13.2 Å². The van der Waals surface area contributed by atoms with Crippen LogP contribution in [-0.2, 0) is 15.9 Å². The van der Waals surface area contributed by atoms with E-state index >= 15 is 0 Å². The lowest BCUT2D eigenvalue weighted by molar-refractivity contribution is -0.173. The predicted molar refractivity (Wildman–Crippen MR) is 67.5 cm³/mol. The molecule has 6 heteroatoms. The first-order valence-electron chi connectivity index (χ1n) is 5.78.